The first kappa shape index (κ1) is 16.4. The molecule has 1 heterocycles. The van der Waals surface area contributed by atoms with Gasteiger partial charge in [0.1, 0.15) is 6.54 Å². The molecule has 0 unspecified atom stereocenters. The van der Waals surface area contributed by atoms with Crippen molar-refractivity contribution in [2.45, 2.75) is 6.54 Å². The molecule has 1 aromatic heterocycles. The summed E-state index contributed by atoms with van der Waals surface area (Å²) in [4.78, 5) is 12.6. The van der Waals surface area contributed by atoms with Crippen molar-refractivity contribution in [3.63, 3.8) is 0 Å². The number of benzene rings is 3. The lowest BCUT2D eigenvalue weighted by molar-refractivity contribution is -0.116. The van der Waals surface area contributed by atoms with Crippen LogP contribution in [-0.4, -0.2) is 10.5 Å². The highest BCUT2D eigenvalue weighted by Crippen LogP contribution is 2.27. The van der Waals surface area contributed by atoms with Gasteiger partial charge in [-0.25, -0.2) is 0 Å². The molecule has 0 aliphatic rings. The molecule has 1 N–H and O–H groups in total. The van der Waals surface area contributed by atoms with Crippen LogP contribution in [0.5, 0.6) is 0 Å². The molecular weight excluding hydrogens is 344 g/mol. The Morgan fingerprint density at radius 1 is 0.923 bits per heavy atom. The van der Waals surface area contributed by atoms with E-state index in [1.807, 2.05) is 89.6 Å². The molecule has 128 valence electrons. The summed E-state index contributed by atoms with van der Waals surface area (Å²) in [7, 11) is 0. The van der Waals surface area contributed by atoms with Gasteiger partial charge in [-0.1, -0.05) is 66.2 Å². The summed E-state index contributed by atoms with van der Waals surface area (Å²) < 4.78 is 1.90. The fraction of sp³-hybridized carbons (Fsp3) is 0.0455. The second-order valence-corrected chi connectivity index (χ2v) is 6.54. The number of halogens is 1. The van der Waals surface area contributed by atoms with Crippen LogP contribution in [0.1, 0.15) is 0 Å². The topological polar surface area (TPSA) is 34.0 Å². The Hall–Kier alpha value is -3.04. The number of para-hydroxylation sites is 1. The Kier molecular flexibility index (Phi) is 4.46. The average Bonchev–Trinajstić information content (AvgIpc) is 3.05. The fourth-order valence-corrected chi connectivity index (χ4v) is 3.27. The largest absolute Gasteiger partial charge is 0.338 e. The van der Waals surface area contributed by atoms with Crippen molar-refractivity contribution in [3.05, 3.63) is 90.1 Å². The molecule has 3 nitrogen and oxygen atoms in total. The van der Waals surface area contributed by atoms with Crippen molar-refractivity contribution >= 4 is 34.1 Å². The van der Waals surface area contributed by atoms with E-state index in [0.29, 0.717) is 5.02 Å². The number of carbonyl (C=O) groups is 1. The van der Waals surface area contributed by atoms with Gasteiger partial charge >= 0.3 is 0 Å². The number of nitrogens with one attached hydrogen (secondary N) is 1. The minimum atomic E-state index is -0.0779. The zero-order valence-corrected chi connectivity index (χ0v) is 14.8. The SMILES string of the molecule is O=C(Cn1ccc2ccc(Cl)cc21)Nc1ccccc1-c1ccccc1. The third-order valence-corrected chi connectivity index (χ3v) is 4.57. The summed E-state index contributed by atoms with van der Waals surface area (Å²) >= 11 is 6.09. The van der Waals surface area contributed by atoms with E-state index in [9.17, 15) is 4.79 Å². The molecule has 0 radical (unpaired) electrons. The maximum atomic E-state index is 12.6. The molecule has 0 fully saturated rings. The third kappa shape index (κ3) is 3.35. The minimum absolute atomic E-state index is 0.0779. The van der Waals surface area contributed by atoms with E-state index in [-0.39, 0.29) is 12.5 Å². The summed E-state index contributed by atoms with van der Waals surface area (Å²) in [5, 5.41) is 4.76. The van der Waals surface area contributed by atoms with Gasteiger partial charge in [0.15, 0.2) is 0 Å². The Morgan fingerprint density at radius 3 is 2.54 bits per heavy atom. The molecule has 1 amide bonds. The van der Waals surface area contributed by atoms with Gasteiger partial charge in [0, 0.05) is 28.0 Å². The normalized spacial score (nSPS) is 10.8. The maximum absolute atomic E-state index is 12.6. The van der Waals surface area contributed by atoms with Crippen LogP contribution in [0.4, 0.5) is 5.69 Å². The van der Waals surface area contributed by atoms with Crippen LogP contribution < -0.4 is 5.32 Å². The van der Waals surface area contributed by atoms with Crippen LogP contribution in [0.3, 0.4) is 0 Å². The number of nitrogens with zero attached hydrogens (tertiary/aromatic N) is 1. The van der Waals surface area contributed by atoms with Crippen LogP contribution in [0.25, 0.3) is 22.0 Å². The van der Waals surface area contributed by atoms with Crippen molar-refractivity contribution in [2.75, 3.05) is 5.32 Å². The molecule has 0 bridgehead atoms. The zero-order chi connectivity index (χ0) is 17.9. The lowest BCUT2D eigenvalue weighted by Gasteiger charge is -2.12. The van der Waals surface area contributed by atoms with Gasteiger partial charge in [-0.05, 0) is 35.2 Å². The molecule has 0 aliphatic heterocycles. The van der Waals surface area contributed by atoms with Crippen molar-refractivity contribution in [1.29, 1.82) is 0 Å². The predicted octanol–water partition coefficient (Wildman–Crippen LogP) is 5.60. The lowest BCUT2D eigenvalue weighted by atomic mass is 10.0. The predicted molar refractivity (Wildman–Crippen MR) is 107 cm³/mol. The minimum Gasteiger partial charge on any atom is -0.338 e. The molecule has 0 saturated carbocycles. The lowest BCUT2D eigenvalue weighted by Crippen LogP contribution is -2.18. The van der Waals surface area contributed by atoms with Crippen LogP contribution in [0, 0.1) is 0 Å². The molecule has 4 rings (SSSR count). The molecular formula is C22H17ClN2O. The highest BCUT2D eigenvalue weighted by molar-refractivity contribution is 6.31. The number of anilines is 1. The van der Waals surface area contributed by atoms with E-state index in [1.54, 1.807) is 0 Å². The average molecular weight is 361 g/mol. The van der Waals surface area contributed by atoms with E-state index in [2.05, 4.69) is 5.32 Å². The van der Waals surface area contributed by atoms with Crippen molar-refractivity contribution in [1.82, 2.24) is 4.57 Å². The molecule has 0 saturated heterocycles. The first-order valence-corrected chi connectivity index (χ1v) is 8.77. The van der Waals surface area contributed by atoms with Crippen LogP contribution in [-0.2, 0) is 11.3 Å². The van der Waals surface area contributed by atoms with Gasteiger partial charge in [-0.15, -0.1) is 0 Å². The number of hydrogen-bond donors (Lipinski definition) is 1. The van der Waals surface area contributed by atoms with Gasteiger partial charge in [-0.2, -0.15) is 0 Å². The number of hydrogen-bond acceptors (Lipinski definition) is 1. The van der Waals surface area contributed by atoms with Gasteiger partial charge < -0.3 is 9.88 Å². The second kappa shape index (κ2) is 7.06. The Morgan fingerprint density at radius 2 is 1.69 bits per heavy atom. The summed E-state index contributed by atoms with van der Waals surface area (Å²) in [6.07, 6.45) is 1.91. The molecule has 0 atom stereocenters. The van der Waals surface area contributed by atoms with Crippen LogP contribution in [0.15, 0.2) is 85.1 Å². The summed E-state index contributed by atoms with van der Waals surface area (Å²) in [5.41, 5.74) is 3.82. The van der Waals surface area contributed by atoms with Gasteiger partial charge in [0.2, 0.25) is 5.91 Å². The van der Waals surface area contributed by atoms with Gasteiger partial charge in [0.25, 0.3) is 0 Å². The number of aromatic nitrogens is 1. The first-order chi connectivity index (χ1) is 12.7. The molecule has 4 heteroatoms. The third-order valence-electron chi connectivity index (χ3n) is 4.34. The summed E-state index contributed by atoms with van der Waals surface area (Å²) in [6.45, 7) is 0.229. The van der Waals surface area contributed by atoms with Gasteiger partial charge in [-0.3, -0.25) is 4.79 Å². The second-order valence-electron chi connectivity index (χ2n) is 6.11. The number of carbonyl (C=O) groups excluding carboxylic acids is 1. The van der Waals surface area contributed by atoms with E-state index in [1.165, 1.54) is 0 Å². The Bertz CT molecular complexity index is 1070. The smallest absolute Gasteiger partial charge is 0.244 e. The van der Waals surface area contributed by atoms with Crippen LogP contribution >= 0.6 is 11.6 Å². The highest BCUT2D eigenvalue weighted by Gasteiger charge is 2.10. The molecule has 3 aromatic carbocycles. The van der Waals surface area contributed by atoms with E-state index >= 15 is 0 Å². The highest BCUT2D eigenvalue weighted by atomic mass is 35.5. The molecule has 26 heavy (non-hydrogen) atoms. The number of amides is 1. The van der Waals surface area contributed by atoms with Crippen molar-refractivity contribution < 1.29 is 4.79 Å². The Balaban J connectivity index is 1.58. The van der Waals surface area contributed by atoms with Crippen molar-refractivity contribution in [3.8, 4) is 11.1 Å². The monoisotopic (exact) mass is 360 g/mol. The zero-order valence-electron chi connectivity index (χ0n) is 14.0. The quantitative estimate of drug-likeness (QED) is 0.505. The maximum Gasteiger partial charge on any atom is 0.244 e. The standard InChI is InChI=1S/C22H17ClN2O/c23-18-11-10-17-12-13-25(21(17)14-18)15-22(26)24-20-9-5-4-8-19(20)16-6-2-1-3-7-16/h1-14H,15H2,(H,24,26). The number of fused-ring (bicyclic) bond motifs is 1. The van der Waals surface area contributed by atoms with E-state index < -0.39 is 0 Å². The molecule has 0 spiro atoms. The van der Waals surface area contributed by atoms with E-state index in [4.69, 9.17) is 11.6 Å². The molecule has 0 aliphatic carbocycles. The van der Waals surface area contributed by atoms with E-state index in [0.717, 1.165) is 27.7 Å². The summed E-state index contributed by atoms with van der Waals surface area (Å²) in [6, 6.07) is 25.5. The first-order valence-electron chi connectivity index (χ1n) is 8.39. The molecule has 4 aromatic rings. The van der Waals surface area contributed by atoms with Crippen LogP contribution in [0.2, 0.25) is 5.02 Å². The number of rotatable bonds is 4. The fourth-order valence-electron chi connectivity index (χ4n) is 3.10. The van der Waals surface area contributed by atoms with Gasteiger partial charge in [0.05, 0.1) is 0 Å². The Labute approximate surface area is 156 Å². The summed E-state index contributed by atoms with van der Waals surface area (Å²) in [5.74, 6) is -0.0779. The van der Waals surface area contributed by atoms with Crippen molar-refractivity contribution in [2.24, 2.45) is 0 Å².